The lowest BCUT2D eigenvalue weighted by Gasteiger charge is -2.20. The van der Waals surface area contributed by atoms with Gasteiger partial charge in [0.1, 0.15) is 0 Å². The van der Waals surface area contributed by atoms with E-state index in [1.807, 2.05) is 6.92 Å². The van der Waals surface area contributed by atoms with Crippen LogP contribution in [0.1, 0.15) is 22.3 Å². The van der Waals surface area contributed by atoms with Crippen LogP contribution in [0.25, 0.3) is 0 Å². The fraction of sp³-hybridized carbons (Fsp3) is 0.462. The number of carbonyl (C=O) groups is 1. The summed E-state index contributed by atoms with van der Waals surface area (Å²) in [5.41, 5.74) is 1.42. The minimum Gasteiger partial charge on any atom is -0.338 e. The van der Waals surface area contributed by atoms with Crippen LogP contribution in [-0.4, -0.2) is 43.8 Å². The quantitative estimate of drug-likeness (QED) is 0.796. The van der Waals surface area contributed by atoms with Crippen LogP contribution in [-0.2, 0) is 9.84 Å². The summed E-state index contributed by atoms with van der Waals surface area (Å²) in [7, 11) is -3.00. The summed E-state index contributed by atoms with van der Waals surface area (Å²) >= 11 is 6.01. The highest BCUT2D eigenvalue weighted by atomic mass is 35.5. The molecular formula is C13H16ClNO3S. The summed E-state index contributed by atoms with van der Waals surface area (Å²) in [5.74, 6) is 0.0445. The van der Waals surface area contributed by atoms with Crippen LogP contribution in [0.5, 0.6) is 0 Å². The zero-order valence-electron chi connectivity index (χ0n) is 10.7. The van der Waals surface area contributed by atoms with Gasteiger partial charge in [0.25, 0.3) is 5.91 Å². The van der Waals surface area contributed by atoms with E-state index in [1.54, 1.807) is 23.1 Å². The number of nitrogens with zero attached hydrogens (tertiary/aromatic N) is 1. The summed E-state index contributed by atoms with van der Waals surface area (Å²) < 4.78 is 23.0. The molecule has 1 heterocycles. The second kappa shape index (κ2) is 5.51. The number of hydrogen-bond donors (Lipinski definition) is 0. The average molecular weight is 302 g/mol. The van der Waals surface area contributed by atoms with E-state index in [4.69, 9.17) is 11.6 Å². The number of carbonyl (C=O) groups excluding carboxylic acids is 1. The maximum Gasteiger partial charge on any atom is 0.253 e. The normalized spacial score (nSPS) is 18.9. The van der Waals surface area contributed by atoms with Gasteiger partial charge in [-0.3, -0.25) is 4.79 Å². The van der Waals surface area contributed by atoms with Crippen molar-refractivity contribution in [2.24, 2.45) is 0 Å². The van der Waals surface area contributed by atoms with Gasteiger partial charge in [0.2, 0.25) is 0 Å². The molecule has 1 aliphatic heterocycles. The zero-order chi connectivity index (χ0) is 14.0. The molecule has 0 atom stereocenters. The summed E-state index contributed by atoms with van der Waals surface area (Å²) in [4.78, 5) is 13.9. The first-order valence-corrected chi connectivity index (χ1v) is 8.35. The van der Waals surface area contributed by atoms with Gasteiger partial charge in [0, 0.05) is 23.7 Å². The first kappa shape index (κ1) is 14.3. The van der Waals surface area contributed by atoms with E-state index in [0.29, 0.717) is 23.6 Å². The van der Waals surface area contributed by atoms with Crippen molar-refractivity contribution in [2.75, 3.05) is 24.6 Å². The van der Waals surface area contributed by atoms with E-state index in [1.165, 1.54) is 0 Å². The maximum atomic E-state index is 12.3. The molecule has 0 aromatic heterocycles. The predicted octanol–water partition coefficient (Wildman–Crippen LogP) is 1.91. The van der Waals surface area contributed by atoms with Crippen LogP contribution in [0.4, 0.5) is 0 Å². The van der Waals surface area contributed by atoms with Gasteiger partial charge < -0.3 is 4.90 Å². The Kier molecular flexibility index (Phi) is 4.16. The topological polar surface area (TPSA) is 54.5 Å². The second-order valence-corrected chi connectivity index (χ2v) is 7.47. The largest absolute Gasteiger partial charge is 0.338 e. The van der Waals surface area contributed by atoms with E-state index in [0.717, 1.165) is 5.56 Å². The number of hydrogen-bond acceptors (Lipinski definition) is 3. The molecule has 0 spiro atoms. The molecule has 0 saturated carbocycles. The Labute approximate surface area is 118 Å². The molecule has 0 aliphatic carbocycles. The highest BCUT2D eigenvalue weighted by molar-refractivity contribution is 7.91. The molecule has 1 aliphatic rings. The van der Waals surface area contributed by atoms with Crippen LogP contribution in [0.15, 0.2) is 18.2 Å². The fourth-order valence-corrected chi connectivity index (χ4v) is 3.50. The number of rotatable bonds is 1. The monoisotopic (exact) mass is 301 g/mol. The van der Waals surface area contributed by atoms with Gasteiger partial charge in [-0.25, -0.2) is 8.42 Å². The van der Waals surface area contributed by atoms with Crippen molar-refractivity contribution in [1.82, 2.24) is 4.90 Å². The Balaban J connectivity index is 2.17. The SMILES string of the molecule is Cc1ccc(C(=O)N2CCCS(=O)(=O)CC2)cc1Cl. The van der Waals surface area contributed by atoms with Crippen LogP contribution in [0.2, 0.25) is 5.02 Å². The molecule has 0 bridgehead atoms. The molecule has 1 aromatic rings. The van der Waals surface area contributed by atoms with Crippen molar-refractivity contribution < 1.29 is 13.2 Å². The molecule has 0 unspecified atom stereocenters. The second-order valence-electron chi connectivity index (χ2n) is 4.76. The van der Waals surface area contributed by atoms with Gasteiger partial charge in [0.05, 0.1) is 11.5 Å². The molecule has 104 valence electrons. The van der Waals surface area contributed by atoms with Crippen LogP contribution >= 0.6 is 11.6 Å². The fourth-order valence-electron chi connectivity index (χ4n) is 2.05. The third-order valence-corrected chi connectivity index (χ3v) is 5.38. The highest BCUT2D eigenvalue weighted by Gasteiger charge is 2.23. The van der Waals surface area contributed by atoms with Crippen molar-refractivity contribution in [2.45, 2.75) is 13.3 Å². The standard InChI is InChI=1S/C13H16ClNO3S/c1-10-3-4-11(9-12(10)14)13(16)15-5-2-7-19(17,18)8-6-15/h3-4,9H,2,5-8H2,1H3. The average Bonchev–Trinajstić information content (AvgIpc) is 2.53. The third kappa shape index (κ3) is 3.48. The first-order valence-electron chi connectivity index (χ1n) is 6.15. The van der Waals surface area contributed by atoms with E-state index >= 15 is 0 Å². The van der Waals surface area contributed by atoms with Gasteiger partial charge in [-0.15, -0.1) is 0 Å². The summed E-state index contributed by atoms with van der Waals surface area (Å²) in [6.07, 6.45) is 0.494. The van der Waals surface area contributed by atoms with E-state index in [2.05, 4.69) is 0 Å². The molecule has 1 aromatic carbocycles. The van der Waals surface area contributed by atoms with Gasteiger partial charge >= 0.3 is 0 Å². The minimum absolute atomic E-state index is 0.0400. The molecule has 0 radical (unpaired) electrons. The van der Waals surface area contributed by atoms with E-state index < -0.39 is 9.84 Å². The zero-order valence-corrected chi connectivity index (χ0v) is 12.3. The van der Waals surface area contributed by atoms with E-state index in [-0.39, 0.29) is 24.0 Å². The van der Waals surface area contributed by atoms with Gasteiger partial charge in [-0.1, -0.05) is 17.7 Å². The van der Waals surface area contributed by atoms with Gasteiger partial charge in [-0.2, -0.15) is 0 Å². The molecule has 1 saturated heterocycles. The molecule has 0 N–H and O–H groups in total. The number of halogens is 1. The summed E-state index contributed by atoms with van der Waals surface area (Å²) in [5, 5.41) is 0.549. The number of aryl methyl sites for hydroxylation is 1. The molecule has 4 nitrogen and oxygen atoms in total. The molecule has 2 rings (SSSR count). The van der Waals surface area contributed by atoms with Crippen molar-refractivity contribution in [3.05, 3.63) is 34.3 Å². The van der Waals surface area contributed by atoms with Crippen molar-refractivity contribution in [3.63, 3.8) is 0 Å². The smallest absolute Gasteiger partial charge is 0.253 e. The van der Waals surface area contributed by atoms with Crippen LogP contribution in [0, 0.1) is 6.92 Å². The molecule has 19 heavy (non-hydrogen) atoms. The lowest BCUT2D eigenvalue weighted by atomic mass is 10.1. The van der Waals surface area contributed by atoms with Gasteiger partial charge in [0.15, 0.2) is 9.84 Å². The molecular weight excluding hydrogens is 286 g/mol. The Bertz CT molecular complexity index is 598. The first-order chi connectivity index (χ1) is 8.89. The molecule has 1 fully saturated rings. The Morgan fingerprint density at radius 1 is 1.26 bits per heavy atom. The van der Waals surface area contributed by atoms with Gasteiger partial charge in [-0.05, 0) is 31.0 Å². The Morgan fingerprint density at radius 2 is 2.00 bits per heavy atom. The Morgan fingerprint density at radius 3 is 2.68 bits per heavy atom. The summed E-state index contributed by atoms with van der Waals surface area (Å²) in [6.45, 7) is 2.60. The lowest BCUT2D eigenvalue weighted by molar-refractivity contribution is 0.0768. The van der Waals surface area contributed by atoms with Crippen molar-refractivity contribution in [1.29, 1.82) is 0 Å². The number of amides is 1. The Hall–Kier alpha value is -1.07. The number of sulfone groups is 1. The molecule has 1 amide bonds. The van der Waals surface area contributed by atoms with Crippen molar-refractivity contribution >= 4 is 27.3 Å². The highest BCUT2D eigenvalue weighted by Crippen LogP contribution is 2.18. The van der Waals surface area contributed by atoms with Crippen LogP contribution < -0.4 is 0 Å². The minimum atomic E-state index is -3.00. The summed E-state index contributed by atoms with van der Waals surface area (Å²) in [6, 6.07) is 5.16. The van der Waals surface area contributed by atoms with Crippen LogP contribution in [0.3, 0.4) is 0 Å². The maximum absolute atomic E-state index is 12.3. The number of benzene rings is 1. The van der Waals surface area contributed by atoms with Crippen molar-refractivity contribution in [3.8, 4) is 0 Å². The molecule has 6 heteroatoms. The lowest BCUT2D eigenvalue weighted by Crippen LogP contribution is -2.33. The van der Waals surface area contributed by atoms with E-state index in [9.17, 15) is 13.2 Å². The predicted molar refractivity (Wildman–Crippen MR) is 75.4 cm³/mol. The third-order valence-electron chi connectivity index (χ3n) is 3.26.